The van der Waals surface area contributed by atoms with Crippen molar-refractivity contribution in [2.75, 3.05) is 31.7 Å². The Morgan fingerprint density at radius 1 is 1.29 bits per heavy atom. The number of carbonyl (C=O) groups is 1. The van der Waals surface area contributed by atoms with Gasteiger partial charge in [0.15, 0.2) is 0 Å². The molecule has 7 heteroatoms. The van der Waals surface area contributed by atoms with E-state index in [4.69, 9.17) is 14.0 Å². The van der Waals surface area contributed by atoms with Gasteiger partial charge in [0.05, 0.1) is 19.6 Å². The second-order valence-electron chi connectivity index (χ2n) is 5.64. The Morgan fingerprint density at radius 2 is 2.00 bits per heavy atom. The van der Waals surface area contributed by atoms with Gasteiger partial charge in [-0.15, -0.1) is 0 Å². The van der Waals surface area contributed by atoms with Crippen LogP contribution in [0.4, 0.5) is 6.01 Å². The summed E-state index contributed by atoms with van der Waals surface area (Å²) in [5.74, 6) is 1.18. The quantitative estimate of drug-likeness (QED) is 0.779. The van der Waals surface area contributed by atoms with Crippen LogP contribution in [-0.4, -0.2) is 42.9 Å². The van der Waals surface area contributed by atoms with Crippen molar-refractivity contribution in [2.24, 2.45) is 5.92 Å². The Bertz CT molecular complexity index is 675. The summed E-state index contributed by atoms with van der Waals surface area (Å²) in [7, 11) is 1.63. The van der Waals surface area contributed by atoms with Crippen LogP contribution in [0.15, 0.2) is 28.8 Å². The number of rotatable bonds is 5. The highest BCUT2D eigenvalue weighted by Gasteiger charge is 2.28. The molecule has 2 aromatic rings. The monoisotopic (exact) mass is 331 g/mol. The summed E-state index contributed by atoms with van der Waals surface area (Å²) in [6.45, 7) is 3.65. The zero-order valence-corrected chi connectivity index (χ0v) is 13.9. The summed E-state index contributed by atoms with van der Waals surface area (Å²) < 4.78 is 15.6. The summed E-state index contributed by atoms with van der Waals surface area (Å²) in [6, 6.07) is 7.98. The molecule has 3 rings (SSSR count). The highest BCUT2D eigenvalue weighted by atomic mass is 16.5. The number of benzene rings is 1. The maximum atomic E-state index is 11.8. The maximum absolute atomic E-state index is 11.8. The molecule has 0 saturated carbocycles. The molecule has 0 aliphatic carbocycles. The van der Waals surface area contributed by atoms with E-state index < -0.39 is 0 Å². The molecule has 0 amide bonds. The second-order valence-corrected chi connectivity index (χ2v) is 5.64. The fraction of sp³-hybridized carbons (Fsp3) is 0.471. The second kappa shape index (κ2) is 7.33. The van der Waals surface area contributed by atoms with Crippen molar-refractivity contribution in [1.29, 1.82) is 0 Å². The average molecular weight is 331 g/mol. The molecule has 0 unspecified atom stereocenters. The van der Waals surface area contributed by atoms with Gasteiger partial charge in [-0.05, 0) is 44.0 Å². The SMILES string of the molecule is CCOC(=O)C1CCN(c2nc(-c3ccc(OC)cc3)no2)CC1. The van der Waals surface area contributed by atoms with Crippen molar-refractivity contribution in [1.82, 2.24) is 10.1 Å². The standard InChI is InChI=1S/C17H21N3O4/c1-3-23-16(21)13-8-10-20(11-9-13)17-18-15(19-24-17)12-4-6-14(22-2)7-5-12/h4-7,13H,3,8-11H2,1-2H3. The topological polar surface area (TPSA) is 77.7 Å². The van der Waals surface area contributed by atoms with Gasteiger partial charge in [-0.3, -0.25) is 4.79 Å². The molecule has 2 heterocycles. The summed E-state index contributed by atoms with van der Waals surface area (Å²) >= 11 is 0. The first kappa shape index (κ1) is 16.3. The maximum Gasteiger partial charge on any atom is 0.324 e. The normalized spacial score (nSPS) is 15.3. The van der Waals surface area contributed by atoms with E-state index >= 15 is 0 Å². The lowest BCUT2D eigenvalue weighted by atomic mass is 9.97. The van der Waals surface area contributed by atoms with Crippen LogP contribution in [0.25, 0.3) is 11.4 Å². The fourth-order valence-electron chi connectivity index (χ4n) is 2.77. The summed E-state index contributed by atoms with van der Waals surface area (Å²) in [6.07, 6.45) is 1.47. The average Bonchev–Trinajstić information content (AvgIpc) is 3.12. The Kier molecular flexibility index (Phi) is 4.98. The Morgan fingerprint density at radius 3 is 2.62 bits per heavy atom. The van der Waals surface area contributed by atoms with Crippen LogP contribution in [0.5, 0.6) is 5.75 Å². The predicted octanol–water partition coefficient (Wildman–Crippen LogP) is 2.52. The molecule has 0 N–H and O–H groups in total. The van der Waals surface area contributed by atoms with Crippen LogP contribution in [0, 0.1) is 5.92 Å². The van der Waals surface area contributed by atoms with Crippen LogP contribution in [0.3, 0.4) is 0 Å². The molecule has 0 atom stereocenters. The van der Waals surface area contributed by atoms with Gasteiger partial charge in [0, 0.05) is 18.7 Å². The van der Waals surface area contributed by atoms with Crippen molar-refractivity contribution in [3.8, 4) is 17.1 Å². The number of ether oxygens (including phenoxy) is 2. The number of methoxy groups -OCH3 is 1. The Hall–Kier alpha value is -2.57. The van der Waals surface area contributed by atoms with Crippen LogP contribution in [0.1, 0.15) is 19.8 Å². The summed E-state index contributed by atoms with van der Waals surface area (Å²) in [5.41, 5.74) is 0.868. The molecule has 1 aromatic carbocycles. The third-order valence-corrected chi connectivity index (χ3v) is 4.15. The molecular formula is C17H21N3O4. The van der Waals surface area contributed by atoms with Crippen LogP contribution in [0.2, 0.25) is 0 Å². The van der Waals surface area contributed by atoms with Crippen molar-refractivity contribution < 1.29 is 18.8 Å². The molecule has 0 bridgehead atoms. The van der Waals surface area contributed by atoms with Crippen molar-refractivity contribution >= 4 is 12.0 Å². The van der Waals surface area contributed by atoms with E-state index in [-0.39, 0.29) is 11.9 Å². The van der Waals surface area contributed by atoms with Crippen molar-refractivity contribution in [2.45, 2.75) is 19.8 Å². The predicted molar refractivity (Wildman–Crippen MR) is 87.9 cm³/mol. The van der Waals surface area contributed by atoms with Crippen LogP contribution < -0.4 is 9.64 Å². The number of nitrogens with zero attached hydrogens (tertiary/aromatic N) is 3. The number of hydrogen-bond acceptors (Lipinski definition) is 7. The molecule has 128 valence electrons. The number of anilines is 1. The van der Waals surface area contributed by atoms with Crippen LogP contribution >= 0.6 is 0 Å². The van der Waals surface area contributed by atoms with E-state index in [0.29, 0.717) is 31.5 Å². The van der Waals surface area contributed by atoms with E-state index in [1.807, 2.05) is 36.1 Å². The van der Waals surface area contributed by atoms with Gasteiger partial charge in [-0.25, -0.2) is 0 Å². The van der Waals surface area contributed by atoms with E-state index in [1.54, 1.807) is 7.11 Å². The van der Waals surface area contributed by atoms with E-state index in [2.05, 4.69) is 10.1 Å². The summed E-state index contributed by atoms with van der Waals surface area (Å²) in [4.78, 5) is 18.2. The summed E-state index contributed by atoms with van der Waals surface area (Å²) in [5, 5.41) is 4.04. The first-order chi connectivity index (χ1) is 11.7. The van der Waals surface area contributed by atoms with Gasteiger partial charge >= 0.3 is 12.0 Å². The highest BCUT2D eigenvalue weighted by Crippen LogP contribution is 2.26. The van der Waals surface area contributed by atoms with Gasteiger partial charge in [-0.1, -0.05) is 5.16 Å². The number of esters is 1. The van der Waals surface area contributed by atoms with Gasteiger partial charge in [0.25, 0.3) is 0 Å². The molecule has 1 aromatic heterocycles. The van der Waals surface area contributed by atoms with Gasteiger partial charge in [-0.2, -0.15) is 4.98 Å². The molecule has 1 fully saturated rings. The third-order valence-electron chi connectivity index (χ3n) is 4.15. The molecule has 1 aliphatic rings. The zero-order chi connectivity index (χ0) is 16.9. The Labute approximate surface area is 140 Å². The van der Waals surface area contributed by atoms with Crippen molar-refractivity contribution in [3.63, 3.8) is 0 Å². The molecule has 7 nitrogen and oxygen atoms in total. The fourth-order valence-corrected chi connectivity index (χ4v) is 2.77. The van der Waals surface area contributed by atoms with E-state index in [1.165, 1.54) is 0 Å². The van der Waals surface area contributed by atoms with Crippen molar-refractivity contribution in [3.05, 3.63) is 24.3 Å². The minimum atomic E-state index is -0.110. The highest BCUT2D eigenvalue weighted by molar-refractivity contribution is 5.72. The van der Waals surface area contributed by atoms with E-state index in [9.17, 15) is 4.79 Å². The van der Waals surface area contributed by atoms with Gasteiger partial charge in [0.1, 0.15) is 5.75 Å². The zero-order valence-electron chi connectivity index (χ0n) is 13.9. The van der Waals surface area contributed by atoms with E-state index in [0.717, 1.165) is 24.2 Å². The lowest BCUT2D eigenvalue weighted by molar-refractivity contribution is -0.148. The molecule has 0 radical (unpaired) electrons. The molecule has 24 heavy (non-hydrogen) atoms. The lowest BCUT2D eigenvalue weighted by Crippen LogP contribution is -2.37. The van der Waals surface area contributed by atoms with Crippen LogP contribution in [-0.2, 0) is 9.53 Å². The number of piperidine rings is 1. The molecule has 1 saturated heterocycles. The number of hydrogen-bond donors (Lipinski definition) is 0. The lowest BCUT2D eigenvalue weighted by Gasteiger charge is -2.29. The molecular weight excluding hydrogens is 310 g/mol. The first-order valence-electron chi connectivity index (χ1n) is 8.11. The number of aromatic nitrogens is 2. The largest absolute Gasteiger partial charge is 0.497 e. The smallest absolute Gasteiger partial charge is 0.324 e. The number of carbonyl (C=O) groups excluding carboxylic acids is 1. The minimum absolute atomic E-state index is 0.0369. The van der Waals surface area contributed by atoms with Gasteiger partial charge < -0.3 is 18.9 Å². The Balaban J connectivity index is 1.63. The molecule has 0 spiro atoms. The first-order valence-corrected chi connectivity index (χ1v) is 8.11. The van der Waals surface area contributed by atoms with Gasteiger partial charge in [0.2, 0.25) is 5.82 Å². The molecule has 1 aliphatic heterocycles. The third kappa shape index (κ3) is 3.50. The minimum Gasteiger partial charge on any atom is -0.497 e.